The van der Waals surface area contributed by atoms with Crippen LogP contribution in [-0.2, 0) is 17.6 Å². The Hall–Kier alpha value is -4.04. The molecule has 4 aromatic rings. The molecular formula is C31H33N3O5. The van der Waals surface area contributed by atoms with Gasteiger partial charge in [-0.15, -0.1) is 0 Å². The predicted molar refractivity (Wildman–Crippen MR) is 147 cm³/mol. The molecule has 1 unspecified atom stereocenters. The molecule has 2 atom stereocenters. The number of hydrogen-bond donors (Lipinski definition) is 1. The Morgan fingerprint density at radius 3 is 2.38 bits per heavy atom. The largest absolute Gasteiger partial charge is 0.478 e. The quantitative estimate of drug-likeness (QED) is 0.306. The maximum atomic E-state index is 13.8. The third-order valence-corrected chi connectivity index (χ3v) is 6.86. The second kappa shape index (κ2) is 11.0. The fraction of sp³-hybridized carbons (Fsp3) is 0.355. The number of rotatable bonds is 8. The van der Waals surface area contributed by atoms with Crippen LogP contribution < -0.4 is 0 Å². The van der Waals surface area contributed by atoms with Crippen molar-refractivity contribution in [3.05, 3.63) is 95.1 Å². The maximum absolute atomic E-state index is 13.8. The Morgan fingerprint density at radius 2 is 1.69 bits per heavy atom. The van der Waals surface area contributed by atoms with Crippen molar-refractivity contribution in [3.63, 3.8) is 0 Å². The average Bonchev–Trinajstić information content (AvgIpc) is 3.54. The number of carboxylic acid groups (broad SMARTS) is 1. The smallest absolute Gasteiger partial charge is 0.335 e. The summed E-state index contributed by atoms with van der Waals surface area (Å²) in [4.78, 5) is 31.5. The van der Waals surface area contributed by atoms with Gasteiger partial charge in [0.2, 0.25) is 5.89 Å². The monoisotopic (exact) mass is 527 g/mol. The van der Waals surface area contributed by atoms with Crippen LogP contribution in [0.5, 0.6) is 0 Å². The van der Waals surface area contributed by atoms with E-state index < -0.39 is 12.0 Å². The van der Waals surface area contributed by atoms with E-state index in [1.54, 1.807) is 41.3 Å². The second-order valence-electron chi connectivity index (χ2n) is 11.0. The van der Waals surface area contributed by atoms with Crippen LogP contribution in [0.3, 0.4) is 0 Å². The molecule has 1 N–H and O–H groups in total. The van der Waals surface area contributed by atoms with Gasteiger partial charge in [-0.3, -0.25) is 4.79 Å². The molecule has 5 rings (SSSR count). The number of aromatic nitrogens is 2. The lowest BCUT2D eigenvalue weighted by atomic mass is 10.0. The van der Waals surface area contributed by atoms with Crippen molar-refractivity contribution < 1.29 is 24.0 Å². The molecule has 1 fully saturated rings. The van der Waals surface area contributed by atoms with Crippen molar-refractivity contribution in [1.82, 2.24) is 15.0 Å². The number of aryl methyl sites for hydroxylation is 2. The first kappa shape index (κ1) is 26.6. The minimum absolute atomic E-state index is 0.159. The van der Waals surface area contributed by atoms with Crippen LogP contribution in [0.2, 0.25) is 0 Å². The van der Waals surface area contributed by atoms with Crippen LogP contribution in [-0.4, -0.2) is 50.3 Å². The van der Waals surface area contributed by atoms with E-state index in [-0.39, 0.29) is 23.2 Å². The number of carbonyl (C=O) groups excluding carboxylic acids is 1. The van der Waals surface area contributed by atoms with Gasteiger partial charge in [0.05, 0.1) is 17.3 Å². The third kappa shape index (κ3) is 6.34. The fourth-order valence-corrected chi connectivity index (χ4v) is 5.12. The summed E-state index contributed by atoms with van der Waals surface area (Å²) in [5.74, 6) is -0.0905. The van der Waals surface area contributed by atoms with Crippen LogP contribution in [0.4, 0.5) is 0 Å². The van der Waals surface area contributed by atoms with Gasteiger partial charge in [-0.05, 0) is 74.2 Å². The van der Waals surface area contributed by atoms with Gasteiger partial charge in [0.25, 0.3) is 5.91 Å². The molecule has 1 aromatic heterocycles. The van der Waals surface area contributed by atoms with Crippen molar-refractivity contribution in [2.75, 3.05) is 6.54 Å². The molecule has 0 radical (unpaired) electrons. The SMILES string of the molecule is CC(C)(C)O[C@H]1CC(c2nc(CCCc3ccccc3)no2)N(C(=O)c2ccc3cc(C(=O)O)ccc3c2)C1. The van der Waals surface area contributed by atoms with Gasteiger partial charge in [0, 0.05) is 24.9 Å². The van der Waals surface area contributed by atoms with Gasteiger partial charge in [0.1, 0.15) is 6.04 Å². The van der Waals surface area contributed by atoms with Crippen molar-refractivity contribution in [2.24, 2.45) is 0 Å². The van der Waals surface area contributed by atoms with E-state index in [0.717, 1.165) is 23.6 Å². The minimum atomic E-state index is -0.985. The standard InChI is InChI=1S/C31H33N3O5/c1-31(2,3)38-25-18-26(28-32-27(33-39-28)11-7-10-20-8-5-4-6-9-20)34(19-25)29(35)23-14-12-22-17-24(30(36)37)15-13-21(22)16-23/h4-6,8-9,12-17,25-26H,7,10-11,18-19H2,1-3H3,(H,36,37)/t25-,26?/m0/s1. The van der Waals surface area contributed by atoms with Crippen LogP contribution in [0.1, 0.15) is 77.6 Å². The third-order valence-electron chi connectivity index (χ3n) is 6.86. The number of ether oxygens (including phenoxy) is 1. The van der Waals surface area contributed by atoms with E-state index in [1.165, 1.54) is 5.56 Å². The van der Waals surface area contributed by atoms with Crippen LogP contribution in [0.15, 0.2) is 71.3 Å². The molecule has 0 aliphatic carbocycles. The van der Waals surface area contributed by atoms with E-state index in [0.29, 0.717) is 36.7 Å². The van der Waals surface area contributed by atoms with Gasteiger partial charge in [-0.25, -0.2) is 4.79 Å². The van der Waals surface area contributed by atoms with Gasteiger partial charge in [-0.2, -0.15) is 4.98 Å². The molecule has 0 bridgehead atoms. The number of benzene rings is 3. The summed E-state index contributed by atoms with van der Waals surface area (Å²) in [6, 6.07) is 20.1. The summed E-state index contributed by atoms with van der Waals surface area (Å²) in [7, 11) is 0. The fourth-order valence-electron chi connectivity index (χ4n) is 5.12. The molecule has 0 saturated carbocycles. The molecule has 8 heteroatoms. The number of fused-ring (bicyclic) bond motifs is 1. The number of amides is 1. The topological polar surface area (TPSA) is 106 Å². The summed E-state index contributed by atoms with van der Waals surface area (Å²) in [5, 5.41) is 15.0. The molecule has 8 nitrogen and oxygen atoms in total. The van der Waals surface area contributed by atoms with E-state index in [9.17, 15) is 14.7 Å². The zero-order valence-corrected chi connectivity index (χ0v) is 22.5. The zero-order chi connectivity index (χ0) is 27.6. The Morgan fingerprint density at radius 1 is 1.00 bits per heavy atom. The van der Waals surface area contributed by atoms with E-state index in [4.69, 9.17) is 9.26 Å². The van der Waals surface area contributed by atoms with Gasteiger partial charge >= 0.3 is 5.97 Å². The second-order valence-corrected chi connectivity index (χ2v) is 11.0. The Bertz CT molecular complexity index is 1470. The van der Waals surface area contributed by atoms with Crippen LogP contribution in [0, 0.1) is 0 Å². The van der Waals surface area contributed by atoms with E-state index in [1.807, 2.05) is 39.0 Å². The number of hydrogen-bond acceptors (Lipinski definition) is 6. The van der Waals surface area contributed by atoms with Crippen LogP contribution in [0.25, 0.3) is 10.8 Å². The first-order valence-corrected chi connectivity index (χ1v) is 13.3. The Balaban J connectivity index is 1.35. The minimum Gasteiger partial charge on any atom is -0.478 e. The predicted octanol–water partition coefficient (Wildman–Crippen LogP) is 5.87. The summed E-state index contributed by atoms with van der Waals surface area (Å²) in [6.07, 6.45) is 2.89. The molecule has 1 amide bonds. The first-order chi connectivity index (χ1) is 18.7. The lowest BCUT2D eigenvalue weighted by Gasteiger charge is -2.25. The highest BCUT2D eigenvalue weighted by Gasteiger charge is 2.41. The summed E-state index contributed by atoms with van der Waals surface area (Å²) in [6.45, 7) is 6.40. The van der Waals surface area contributed by atoms with E-state index >= 15 is 0 Å². The number of likely N-dealkylation sites (tertiary alicyclic amines) is 1. The van der Waals surface area contributed by atoms with Gasteiger partial charge in [0.15, 0.2) is 5.82 Å². The molecule has 2 heterocycles. The molecule has 202 valence electrons. The number of carboxylic acids is 1. The molecule has 1 aliphatic rings. The summed E-state index contributed by atoms with van der Waals surface area (Å²) < 4.78 is 11.9. The van der Waals surface area contributed by atoms with Crippen molar-refractivity contribution in [1.29, 1.82) is 0 Å². The lowest BCUT2D eigenvalue weighted by molar-refractivity contribution is -0.0535. The average molecular weight is 528 g/mol. The molecule has 39 heavy (non-hydrogen) atoms. The highest BCUT2D eigenvalue weighted by molar-refractivity contribution is 6.00. The first-order valence-electron chi connectivity index (χ1n) is 13.3. The van der Waals surface area contributed by atoms with Crippen molar-refractivity contribution in [3.8, 4) is 0 Å². The summed E-state index contributed by atoms with van der Waals surface area (Å²) in [5.41, 5.74) is 1.62. The Kier molecular flexibility index (Phi) is 7.48. The highest BCUT2D eigenvalue weighted by Crippen LogP contribution is 2.36. The molecule has 0 spiro atoms. The molecule has 1 aliphatic heterocycles. The van der Waals surface area contributed by atoms with Crippen LogP contribution >= 0.6 is 0 Å². The lowest BCUT2D eigenvalue weighted by Crippen LogP contribution is -2.34. The maximum Gasteiger partial charge on any atom is 0.335 e. The summed E-state index contributed by atoms with van der Waals surface area (Å²) >= 11 is 0. The molecular weight excluding hydrogens is 494 g/mol. The normalized spacial score (nSPS) is 17.6. The Labute approximate surface area is 227 Å². The zero-order valence-electron chi connectivity index (χ0n) is 22.5. The molecule has 1 saturated heterocycles. The van der Waals surface area contributed by atoms with Gasteiger partial charge in [-0.1, -0.05) is 47.6 Å². The number of carbonyl (C=O) groups is 2. The number of aromatic carboxylic acids is 1. The molecule has 3 aromatic carbocycles. The van der Waals surface area contributed by atoms with Crippen molar-refractivity contribution >= 4 is 22.6 Å². The van der Waals surface area contributed by atoms with Crippen molar-refractivity contribution in [2.45, 2.75) is 64.2 Å². The van der Waals surface area contributed by atoms with E-state index in [2.05, 4.69) is 22.3 Å². The van der Waals surface area contributed by atoms with Gasteiger partial charge < -0.3 is 19.3 Å². The number of nitrogens with zero attached hydrogens (tertiary/aromatic N) is 3. The highest BCUT2D eigenvalue weighted by atomic mass is 16.5.